The predicted molar refractivity (Wildman–Crippen MR) is 117 cm³/mol. The van der Waals surface area contributed by atoms with Crippen molar-refractivity contribution in [3.05, 3.63) is 45.9 Å². The second kappa shape index (κ2) is 9.37. The van der Waals surface area contributed by atoms with Crippen molar-refractivity contribution in [2.75, 3.05) is 19.4 Å². The predicted octanol–water partition coefficient (Wildman–Crippen LogP) is 4.22. The molecule has 0 aliphatic rings. The number of methoxy groups -OCH3 is 1. The number of likely N-dealkylation sites (N-methyl/N-ethyl adjacent to an activating group) is 1. The van der Waals surface area contributed by atoms with E-state index in [9.17, 15) is 9.59 Å². The van der Waals surface area contributed by atoms with E-state index in [0.29, 0.717) is 17.2 Å². The first kappa shape index (κ1) is 21.3. The molecule has 1 unspecified atom stereocenters. The number of fused-ring (bicyclic) bond motifs is 1. The maximum Gasteiger partial charge on any atom is 0.228 e. The van der Waals surface area contributed by atoms with Gasteiger partial charge in [0, 0.05) is 16.8 Å². The molecular formula is C21H23N3O3S2. The van der Waals surface area contributed by atoms with Crippen molar-refractivity contribution in [1.82, 2.24) is 15.3 Å². The molecular weight excluding hydrogens is 406 g/mol. The Balaban J connectivity index is 1.75. The van der Waals surface area contributed by atoms with Gasteiger partial charge in [-0.3, -0.25) is 9.59 Å². The van der Waals surface area contributed by atoms with Gasteiger partial charge in [0.15, 0.2) is 5.78 Å². The largest absolute Gasteiger partial charge is 0.497 e. The molecule has 1 aromatic carbocycles. The lowest BCUT2D eigenvalue weighted by molar-refractivity contribution is -0.122. The van der Waals surface area contributed by atoms with Crippen molar-refractivity contribution in [2.45, 2.75) is 31.7 Å². The highest BCUT2D eigenvalue weighted by molar-refractivity contribution is 8.00. The van der Waals surface area contributed by atoms with Crippen LogP contribution in [0.25, 0.3) is 10.9 Å². The van der Waals surface area contributed by atoms with Crippen LogP contribution in [-0.2, 0) is 4.79 Å². The minimum Gasteiger partial charge on any atom is -0.497 e. The van der Waals surface area contributed by atoms with Gasteiger partial charge in [-0.25, -0.2) is 9.97 Å². The summed E-state index contributed by atoms with van der Waals surface area (Å²) in [5, 5.41) is 4.44. The first-order chi connectivity index (χ1) is 13.9. The highest BCUT2D eigenvalue weighted by atomic mass is 32.2. The number of carbonyl (C=O) groups is 2. The van der Waals surface area contributed by atoms with E-state index in [-0.39, 0.29) is 23.4 Å². The molecule has 8 heteroatoms. The molecule has 0 aliphatic heterocycles. The number of aromatic nitrogens is 2. The van der Waals surface area contributed by atoms with Crippen LogP contribution in [0.4, 0.5) is 0 Å². The molecule has 3 aromatic rings. The number of hydrogen-bond donors (Lipinski definition) is 1. The minimum atomic E-state index is -0.268. The van der Waals surface area contributed by atoms with Crippen molar-refractivity contribution in [3.63, 3.8) is 0 Å². The maximum absolute atomic E-state index is 12.7. The molecule has 6 nitrogen and oxygen atoms in total. The van der Waals surface area contributed by atoms with Gasteiger partial charge in [-0.05, 0) is 51.1 Å². The quantitative estimate of drug-likeness (QED) is 0.328. The van der Waals surface area contributed by atoms with Crippen LogP contribution in [0.5, 0.6) is 5.75 Å². The lowest BCUT2D eigenvalue weighted by atomic mass is 10.1. The molecule has 1 amide bonds. The third kappa shape index (κ3) is 4.94. The van der Waals surface area contributed by atoms with Gasteiger partial charge in [0.1, 0.15) is 16.6 Å². The van der Waals surface area contributed by atoms with Crippen molar-refractivity contribution in [3.8, 4) is 5.75 Å². The van der Waals surface area contributed by atoms with E-state index in [1.54, 1.807) is 13.2 Å². The Morgan fingerprint density at radius 3 is 2.76 bits per heavy atom. The Morgan fingerprint density at radius 1 is 1.24 bits per heavy atom. The SMILES string of the molecule is CCNC(=O)C(C)c1ccc(C(=O)CSc2nc(C)nc3ccc(OC)cc23)s1. The summed E-state index contributed by atoms with van der Waals surface area (Å²) in [6.07, 6.45) is 0. The van der Waals surface area contributed by atoms with Gasteiger partial charge >= 0.3 is 0 Å². The molecule has 0 fully saturated rings. The molecule has 29 heavy (non-hydrogen) atoms. The Hall–Kier alpha value is -2.45. The van der Waals surface area contributed by atoms with Crippen LogP contribution in [0.1, 0.15) is 40.1 Å². The number of Topliss-reactive ketones (excluding diaryl/α,β-unsaturated/α-hetero) is 1. The average Bonchev–Trinajstić information content (AvgIpc) is 3.21. The van der Waals surface area contributed by atoms with E-state index in [1.165, 1.54) is 23.1 Å². The number of rotatable bonds is 8. The molecule has 0 aliphatic carbocycles. The molecule has 0 saturated heterocycles. The normalized spacial score (nSPS) is 12.0. The fraction of sp³-hybridized carbons (Fsp3) is 0.333. The first-order valence-electron chi connectivity index (χ1n) is 9.28. The van der Waals surface area contributed by atoms with Crippen molar-refractivity contribution in [1.29, 1.82) is 0 Å². The second-order valence-corrected chi connectivity index (χ2v) is 8.57. The number of amides is 1. The molecule has 0 bridgehead atoms. The van der Waals surface area contributed by atoms with E-state index in [1.807, 2.05) is 45.0 Å². The Bertz CT molecular complexity index is 1050. The second-order valence-electron chi connectivity index (χ2n) is 6.49. The zero-order chi connectivity index (χ0) is 21.0. The van der Waals surface area contributed by atoms with Gasteiger partial charge in [-0.2, -0.15) is 0 Å². The van der Waals surface area contributed by atoms with Crippen LogP contribution in [0.2, 0.25) is 0 Å². The van der Waals surface area contributed by atoms with Crippen LogP contribution in [0.3, 0.4) is 0 Å². The summed E-state index contributed by atoms with van der Waals surface area (Å²) in [6, 6.07) is 9.29. The molecule has 3 rings (SSSR count). The standard InChI is InChI=1S/C21H23N3O3S2/c1-5-22-20(26)12(2)18-8-9-19(29-18)17(25)11-28-21-15-10-14(27-4)6-7-16(15)23-13(3)24-21/h6-10,12H,5,11H2,1-4H3,(H,22,26). The molecule has 2 heterocycles. The van der Waals surface area contributed by atoms with Crippen molar-refractivity contribution >= 4 is 45.7 Å². The molecule has 0 radical (unpaired) electrons. The number of nitrogens with one attached hydrogen (secondary N) is 1. The van der Waals surface area contributed by atoms with Crippen LogP contribution >= 0.6 is 23.1 Å². The third-order valence-electron chi connectivity index (χ3n) is 4.39. The first-order valence-corrected chi connectivity index (χ1v) is 11.1. The molecule has 152 valence electrons. The van der Waals surface area contributed by atoms with Gasteiger partial charge in [0.25, 0.3) is 0 Å². The lowest BCUT2D eigenvalue weighted by Gasteiger charge is -2.08. The van der Waals surface area contributed by atoms with Gasteiger partial charge in [0.2, 0.25) is 5.91 Å². The number of nitrogens with zero attached hydrogens (tertiary/aromatic N) is 2. The number of aryl methyl sites for hydroxylation is 1. The smallest absolute Gasteiger partial charge is 0.228 e. The number of hydrogen-bond acceptors (Lipinski definition) is 7. The fourth-order valence-corrected chi connectivity index (χ4v) is 4.85. The minimum absolute atomic E-state index is 0.0154. The number of ether oxygens (including phenoxy) is 1. The number of benzene rings is 1. The molecule has 0 spiro atoms. The summed E-state index contributed by atoms with van der Waals surface area (Å²) in [6.45, 7) is 6.17. The number of thioether (sulfide) groups is 1. The highest BCUT2D eigenvalue weighted by Crippen LogP contribution is 2.30. The molecule has 1 N–H and O–H groups in total. The molecule has 0 saturated carbocycles. The van der Waals surface area contributed by atoms with E-state index in [4.69, 9.17) is 4.74 Å². The molecule has 2 aromatic heterocycles. The van der Waals surface area contributed by atoms with Crippen LogP contribution in [0.15, 0.2) is 35.4 Å². The summed E-state index contributed by atoms with van der Waals surface area (Å²) in [5.74, 6) is 1.36. The van der Waals surface area contributed by atoms with Crippen molar-refractivity contribution in [2.24, 2.45) is 0 Å². The van der Waals surface area contributed by atoms with E-state index >= 15 is 0 Å². The van der Waals surface area contributed by atoms with E-state index in [2.05, 4.69) is 15.3 Å². The van der Waals surface area contributed by atoms with Crippen LogP contribution < -0.4 is 10.1 Å². The van der Waals surface area contributed by atoms with Crippen LogP contribution in [0, 0.1) is 6.92 Å². The number of thiophene rings is 1. The van der Waals surface area contributed by atoms with E-state index < -0.39 is 0 Å². The maximum atomic E-state index is 12.7. The third-order valence-corrected chi connectivity index (χ3v) is 6.69. The van der Waals surface area contributed by atoms with Crippen molar-refractivity contribution < 1.29 is 14.3 Å². The monoisotopic (exact) mass is 429 g/mol. The van der Waals surface area contributed by atoms with Gasteiger partial charge in [0.05, 0.1) is 29.2 Å². The fourth-order valence-electron chi connectivity index (χ4n) is 2.82. The van der Waals surface area contributed by atoms with Crippen LogP contribution in [-0.4, -0.2) is 41.1 Å². The van der Waals surface area contributed by atoms with E-state index in [0.717, 1.165) is 26.6 Å². The summed E-state index contributed by atoms with van der Waals surface area (Å²) >= 11 is 2.76. The van der Waals surface area contributed by atoms with Gasteiger partial charge in [-0.1, -0.05) is 11.8 Å². The summed E-state index contributed by atoms with van der Waals surface area (Å²) in [4.78, 5) is 35.2. The Morgan fingerprint density at radius 2 is 2.03 bits per heavy atom. The summed E-state index contributed by atoms with van der Waals surface area (Å²) in [5.41, 5.74) is 0.822. The summed E-state index contributed by atoms with van der Waals surface area (Å²) in [7, 11) is 1.61. The number of carbonyl (C=O) groups excluding carboxylic acids is 2. The average molecular weight is 430 g/mol. The lowest BCUT2D eigenvalue weighted by Crippen LogP contribution is -2.27. The van der Waals surface area contributed by atoms with Gasteiger partial charge < -0.3 is 10.1 Å². The topological polar surface area (TPSA) is 81.2 Å². The summed E-state index contributed by atoms with van der Waals surface area (Å²) < 4.78 is 5.30. The zero-order valence-corrected chi connectivity index (χ0v) is 18.4. The Labute approximate surface area is 178 Å². The number of ketones is 1. The highest BCUT2D eigenvalue weighted by Gasteiger charge is 2.19. The molecule has 1 atom stereocenters. The zero-order valence-electron chi connectivity index (χ0n) is 16.8. The Kier molecular flexibility index (Phi) is 6.87. The van der Waals surface area contributed by atoms with Gasteiger partial charge in [-0.15, -0.1) is 11.3 Å².